The third-order valence-electron chi connectivity index (χ3n) is 3.49. The highest BCUT2D eigenvalue weighted by atomic mass is 32.1. The van der Waals surface area contributed by atoms with Gasteiger partial charge in [0.05, 0.1) is 17.9 Å². The fourth-order valence-corrected chi connectivity index (χ4v) is 3.06. The molecule has 0 spiro atoms. The molecule has 5 heteroatoms. The van der Waals surface area contributed by atoms with Gasteiger partial charge in [-0.05, 0) is 42.2 Å². The maximum Gasteiger partial charge on any atom is 0.307 e. The first-order valence-corrected chi connectivity index (χ1v) is 7.24. The summed E-state index contributed by atoms with van der Waals surface area (Å²) in [5.74, 6) is -2.15. The highest BCUT2D eigenvalue weighted by Gasteiger charge is 2.34. The molecule has 2 rings (SSSR count). The Labute approximate surface area is 116 Å². The predicted molar refractivity (Wildman–Crippen MR) is 73.9 cm³/mol. The maximum absolute atomic E-state index is 12.2. The van der Waals surface area contributed by atoms with E-state index in [0.717, 1.165) is 5.56 Å². The molecule has 1 amide bonds. The van der Waals surface area contributed by atoms with E-state index in [9.17, 15) is 9.59 Å². The van der Waals surface area contributed by atoms with Gasteiger partial charge in [-0.25, -0.2) is 0 Å². The van der Waals surface area contributed by atoms with Crippen molar-refractivity contribution in [3.05, 3.63) is 34.5 Å². The molecule has 1 aromatic rings. The van der Waals surface area contributed by atoms with E-state index < -0.39 is 17.8 Å². The Morgan fingerprint density at radius 1 is 1.37 bits per heavy atom. The van der Waals surface area contributed by atoms with Crippen LogP contribution in [0.15, 0.2) is 29.0 Å². The lowest BCUT2D eigenvalue weighted by Gasteiger charge is -2.25. The number of carbonyl (C=O) groups is 2. The zero-order chi connectivity index (χ0) is 13.8. The van der Waals surface area contributed by atoms with E-state index >= 15 is 0 Å². The molecule has 1 aromatic heterocycles. The molecule has 0 fully saturated rings. The molecule has 0 aromatic carbocycles. The van der Waals surface area contributed by atoms with E-state index in [1.165, 1.54) is 0 Å². The van der Waals surface area contributed by atoms with E-state index in [2.05, 4.69) is 5.32 Å². The predicted octanol–water partition coefficient (Wildman–Crippen LogP) is 2.59. The van der Waals surface area contributed by atoms with Crippen molar-refractivity contribution >= 4 is 23.2 Å². The quantitative estimate of drug-likeness (QED) is 0.832. The van der Waals surface area contributed by atoms with Gasteiger partial charge in [-0.2, -0.15) is 11.3 Å². The molecule has 19 heavy (non-hydrogen) atoms. The minimum Gasteiger partial charge on any atom is -0.481 e. The molecular formula is C14H17NO3S. The summed E-state index contributed by atoms with van der Waals surface area (Å²) in [5.41, 5.74) is 1.05. The van der Waals surface area contributed by atoms with Crippen LogP contribution in [-0.4, -0.2) is 17.0 Å². The van der Waals surface area contributed by atoms with Crippen LogP contribution in [0, 0.1) is 11.8 Å². The fourth-order valence-electron chi connectivity index (χ4n) is 2.30. The molecule has 0 bridgehead atoms. The summed E-state index contributed by atoms with van der Waals surface area (Å²) in [4.78, 5) is 23.4. The van der Waals surface area contributed by atoms with Crippen molar-refractivity contribution in [2.75, 3.05) is 0 Å². The van der Waals surface area contributed by atoms with Gasteiger partial charge in [0.15, 0.2) is 0 Å². The molecule has 102 valence electrons. The van der Waals surface area contributed by atoms with Crippen LogP contribution in [0.2, 0.25) is 0 Å². The van der Waals surface area contributed by atoms with Crippen molar-refractivity contribution in [2.45, 2.75) is 25.8 Å². The van der Waals surface area contributed by atoms with Gasteiger partial charge in [-0.3, -0.25) is 9.59 Å². The Bertz CT molecular complexity index is 481. The van der Waals surface area contributed by atoms with E-state index in [1.54, 1.807) is 11.3 Å². The summed E-state index contributed by atoms with van der Waals surface area (Å²) in [6, 6.07) is 1.88. The van der Waals surface area contributed by atoms with Crippen LogP contribution in [0.4, 0.5) is 0 Å². The first kappa shape index (κ1) is 13.8. The van der Waals surface area contributed by atoms with Crippen LogP contribution in [0.1, 0.15) is 31.4 Å². The summed E-state index contributed by atoms with van der Waals surface area (Å²) in [6.07, 6.45) is 4.66. The Morgan fingerprint density at radius 2 is 2.05 bits per heavy atom. The number of carboxylic acids is 1. The van der Waals surface area contributed by atoms with Crippen LogP contribution < -0.4 is 5.32 Å². The van der Waals surface area contributed by atoms with Gasteiger partial charge in [-0.1, -0.05) is 12.2 Å². The monoisotopic (exact) mass is 279 g/mol. The lowest BCUT2D eigenvalue weighted by atomic mass is 9.82. The molecule has 2 N–H and O–H groups in total. The van der Waals surface area contributed by atoms with Crippen molar-refractivity contribution in [3.8, 4) is 0 Å². The van der Waals surface area contributed by atoms with Crippen LogP contribution >= 0.6 is 11.3 Å². The minimum atomic E-state index is -0.896. The number of amides is 1. The summed E-state index contributed by atoms with van der Waals surface area (Å²) < 4.78 is 0. The van der Waals surface area contributed by atoms with E-state index in [1.807, 2.05) is 35.9 Å². The Hall–Kier alpha value is -1.62. The van der Waals surface area contributed by atoms with Crippen molar-refractivity contribution < 1.29 is 14.7 Å². The summed E-state index contributed by atoms with van der Waals surface area (Å²) in [5, 5.41) is 16.0. The maximum atomic E-state index is 12.2. The average Bonchev–Trinajstić information content (AvgIpc) is 2.92. The van der Waals surface area contributed by atoms with Gasteiger partial charge in [0.2, 0.25) is 5.91 Å². The van der Waals surface area contributed by atoms with Crippen molar-refractivity contribution in [1.82, 2.24) is 5.32 Å². The van der Waals surface area contributed by atoms with Crippen LogP contribution in [0.5, 0.6) is 0 Å². The fraction of sp³-hybridized carbons (Fsp3) is 0.429. The lowest BCUT2D eigenvalue weighted by Crippen LogP contribution is -2.39. The summed E-state index contributed by atoms with van der Waals surface area (Å²) >= 11 is 1.58. The third-order valence-corrected chi connectivity index (χ3v) is 4.19. The zero-order valence-electron chi connectivity index (χ0n) is 10.7. The second-order valence-electron chi connectivity index (χ2n) is 4.78. The molecule has 0 saturated carbocycles. The molecule has 1 heterocycles. The Morgan fingerprint density at radius 3 is 2.63 bits per heavy atom. The first-order valence-electron chi connectivity index (χ1n) is 6.30. The molecule has 3 unspecified atom stereocenters. The van der Waals surface area contributed by atoms with Gasteiger partial charge >= 0.3 is 5.97 Å². The lowest BCUT2D eigenvalue weighted by molar-refractivity contribution is -0.147. The normalized spacial score (nSPS) is 23.8. The number of allylic oxidation sites excluding steroid dienone is 2. The van der Waals surface area contributed by atoms with Gasteiger partial charge in [0.25, 0.3) is 0 Å². The molecular weight excluding hydrogens is 262 g/mol. The second kappa shape index (κ2) is 6.02. The van der Waals surface area contributed by atoms with Crippen LogP contribution in [-0.2, 0) is 9.59 Å². The molecule has 3 atom stereocenters. The topological polar surface area (TPSA) is 66.4 Å². The highest BCUT2D eigenvalue weighted by Crippen LogP contribution is 2.27. The average molecular weight is 279 g/mol. The number of nitrogens with one attached hydrogen (secondary N) is 1. The van der Waals surface area contributed by atoms with E-state index in [4.69, 9.17) is 5.11 Å². The number of aliphatic carboxylic acids is 1. The number of hydrogen-bond acceptors (Lipinski definition) is 3. The minimum absolute atomic E-state index is 0.0842. The molecule has 1 aliphatic carbocycles. The Kier molecular flexibility index (Phi) is 4.37. The number of thiophene rings is 1. The SMILES string of the molecule is CC(NC(=O)C1CC=CCC1C(=O)O)c1ccsc1. The standard InChI is InChI=1S/C14H17NO3S/c1-9(10-6-7-19-8-10)15-13(16)11-4-2-3-5-12(11)14(17)18/h2-3,6-9,11-12H,4-5H2,1H3,(H,15,16)(H,17,18). The Balaban J connectivity index is 2.02. The second-order valence-corrected chi connectivity index (χ2v) is 5.56. The van der Waals surface area contributed by atoms with Crippen LogP contribution in [0.3, 0.4) is 0 Å². The molecule has 0 aliphatic heterocycles. The van der Waals surface area contributed by atoms with Gasteiger partial charge in [-0.15, -0.1) is 0 Å². The molecule has 4 nitrogen and oxygen atoms in total. The number of hydrogen-bond donors (Lipinski definition) is 2. The highest BCUT2D eigenvalue weighted by molar-refractivity contribution is 7.07. The third kappa shape index (κ3) is 3.23. The van der Waals surface area contributed by atoms with E-state index in [0.29, 0.717) is 12.8 Å². The molecule has 1 aliphatic rings. The molecule has 0 radical (unpaired) electrons. The number of carbonyl (C=O) groups excluding carboxylic acids is 1. The number of carboxylic acid groups (broad SMARTS) is 1. The summed E-state index contributed by atoms with van der Waals surface area (Å²) in [7, 11) is 0. The smallest absolute Gasteiger partial charge is 0.307 e. The first-order chi connectivity index (χ1) is 9.09. The van der Waals surface area contributed by atoms with Crippen molar-refractivity contribution in [2.24, 2.45) is 11.8 Å². The number of rotatable bonds is 4. The van der Waals surface area contributed by atoms with Gasteiger partial charge in [0.1, 0.15) is 0 Å². The van der Waals surface area contributed by atoms with Crippen LogP contribution in [0.25, 0.3) is 0 Å². The largest absolute Gasteiger partial charge is 0.481 e. The van der Waals surface area contributed by atoms with Crippen molar-refractivity contribution in [1.29, 1.82) is 0 Å². The summed E-state index contributed by atoms with van der Waals surface area (Å²) in [6.45, 7) is 1.91. The van der Waals surface area contributed by atoms with E-state index in [-0.39, 0.29) is 11.9 Å². The van der Waals surface area contributed by atoms with Crippen molar-refractivity contribution in [3.63, 3.8) is 0 Å². The van der Waals surface area contributed by atoms with Gasteiger partial charge < -0.3 is 10.4 Å². The van der Waals surface area contributed by atoms with Gasteiger partial charge in [0, 0.05) is 0 Å². The zero-order valence-corrected chi connectivity index (χ0v) is 11.5. The molecule has 0 saturated heterocycles.